The number of H-pyrrole nitrogens is 1. The molecule has 0 unspecified atom stereocenters. The number of aromatic amines is 1. The molecule has 7 nitrogen and oxygen atoms in total. The molecular formula is C30H32ClN3O4. The van der Waals surface area contributed by atoms with Gasteiger partial charge in [0.15, 0.2) is 6.61 Å². The Morgan fingerprint density at radius 1 is 0.974 bits per heavy atom. The summed E-state index contributed by atoms with van der Waals surface area (Å²) >= 11 is 6.22. The van der Waals surface area contributed by atoms with Crippen molar-refractivity contribution in [3.05, 3.63) is 70.9 Å². The molecule has 7 rings (SSSR count). The number of hydrogen-bond donors (Lipinski definition) is 3. The van der Waals surface area contributed by atoms with Crippen molar-refractivity contribution in [3.8, 4) is 0 Å². The van der Waals surface area contributed by atoms with E-state index in [0.717, 1.165) is 35.7 Å². The lowest BCUT2D eigenvalue weighted by molar-refractivity contribution is -0.151. The van der Waals surface area contributed by atoms with Crippen LogP contribution in [-0.4, -0.2) is 41.0 Å². The van der Waals surface area contributed by atoms with Crippen molar-refractivity contribution >= 4 is 40.3 Å². The zero-order valence-corrected chi connectivity index (χ0v) is 21.9. The Bertz CT molecular complexity index is 1350. The number of nitrogens with one attached hydrogen (secondary N) is 3. The summed E-state index contributed by atoms with van der Waals surface area (Å²) in [5, 5.41) is 7.27. The van der Waals surface area contributed by atoms with Crippen LogP contribution >= 0.6 is 11.6 Å². The largest absolute Gasteiger partial charge is 0.454 e. The molecule has 4 aliphatic rings. The summed E-state index contributed by atoms with van der Waals surface area (Å²) in [7, 11) is 0. The number of para-hydroxylation sites is 1. The Morgan fingerprint density at radius 2 is 1.63 bits per heavy atom. The van der Waals surface area contributed by atoms with Crippen LogP contribution in [0, 0.1) is 17.8 Å². The van der Waals surface area contributed by atoms with Crippen LogP contribution in [-0.2, 0) is 20.7 Å². The second kappa shape index (κ2) is 10.1. The Hall–Kier alpha value is -3.32. The number of benzene rings is 2. The van der Waals surface area contributed by atoms with E-state index in [1.165, 1.54) is 19.3 Å². The molecular weight excluding hydrogens is 502 g/mol. The molecule has 0 saturated heterocycles. The average Bonchev–Trinajstić information content (AvgIpc) is 3.29. The van der Waals surface area contributed by atoms with Gasteiger partial charge < -0.3 is 20.4 Å². The predicted molar refractivity (Wildman–Crippen MR) is 145 cm³/mol. The molecule has 4 bridgehead atoms. The Morgan fingerprint density at radius 3 is 2.34 bits per heavy atom. The van der Waals surface area contributed by atoms with Gasteiger partial charge >= 0.3 is 5.97 Å². The number of fused-ring (bicyclic) bond motifs is 1. The van der Waals surface area contributed by atoms with Crippen LogP contribution in [0.2, 0.25) is 5.02 Å². The Balaban J connectivity index is 1.14. The third-order valence-corrected chi connectivity index (χ3v) is 8.93. The fourth-order valence-corrected chi connectivity index (χ4v) is 7.65. The van der Waals surface area contributed by atoms with Crippen molar-refractivity contribution in [2.45, 2.75) is 56.5 Å². The van der Waals surface area contributed by atoms with E-state index in [1.807, 2.05) is 30.5 Å². The van der Waals surface area contributed by atoms with Crippen LogP contribution in [0.3, 0.4) is 0 Å². The van der Waals surface area contributed by atoms with Gasteiger partial charge in [-0.2, -0.15) is 0 Å². The summed E-state index contributed by atoms with van der Waals surface area (Å²) in [6.45, 7) is -0.368. The molecule has 0 spiro atoms. The summed E-state index contributed by atoms with van der Waals surface area (Å²) in [5.41, 5.74) is 1.91. The van der Waals surface area contributed by atoms with Crippen molar-refractivity contribution < 1.29 is 19.1 Å². The van der Waals surface area contributed by atoms with Crippen molar-refractivity contribution in [1.29, 1.82) is 0 Å². The van der Waals surface area contributed by atoms with E-state index in [2.05, 4.69) is 15.6 Å². The standard InChI is InChI=1S/C30H32ClN3O4/c31-24-7-3-1-6-23(24)28(36)33-26(12-21-16-32-25-8-4-2-5-22(21)25)29(37)38-17-27(35)34-30-13-18-9-19(14-30)11-20(10-18)15-30/h1-8,16,18-20,26,32H,9-15,17H2,(H,33,36)(H,34,35)/t18?,19?,20?,26-,30?/m1/s1. The monoisotopic (exact) mass is 533 g/mol. The van der Waals surface area contributed by atoms with E-state index in [1.54, 1.807) is 24.3 Å². The molecule has 1 aromatic heterocycles. The molecule has 3 aromatic rings. The molecule has 1 heterocycles. The van der Waals surface area contributed by atoms with Gasteiger partial charge in [-0.25, -0.2) is 4.79 Å². The number of carbonyl (C=O) groups is 3. The lowest BCUT2D eigenvalue weighted by Crippen LogP contribution is -2.60. The van der Waals surface area contributed by atoms with Crippen LogP contribution in [0.25, 0.3) is 10.9 Å². The van der Waals surface area contributed by atoms with Gasteiger partial charge in [-0.3, -0.25) is 9.59 Å². The first-order valence-electron chi connectivity index (χ1n) is 13.5. The molecule has 2 amide bonds. The van der Waals surface area contributed by atoms with Gasteiger partial charge in [0.2, 0.25) is 0 Å². The van der Waals surface area contributed by atoms with E-state index >= 15 is 0 Å². The number of esters is 1. The molecule has 1 atom stereocenters. The average molecular weight is 534 g/mol. The molecule has 8 heteroatoms. The molecule has 0 radical (unpaired) electrons. The van der Waals surface area contributed by atoms with Crippen LogP contribution in [0.4, 0.5) is 0 Å². The minimum Gasteiger partial charge on any atom is -0.454 e. The number of ether oxygens (including phenoxy) is 1. The van der Waals surface area contributed by atoms with Gasteiger partial charge in [0.05, 0.1) is 10.6 Å². The Kier molecular flexibility index (Phi) is 6.64. The quantitative estimate of drug-likeness (QED) is 0.362. The smallest absolute Gasteiger partial charge is 0.329 e. The fourth-order valence-electron chi connectivity index (χ4n) is 7.43. The lowest BCUT2D eigenvalue weighted by atomic mass is 9.53. The fraction of sp³-hybridized carbons (Fsp3) is 0.433. The lowest BCUT2D eigenvalue weighted by Gasteiger charge is -2.56. The normalized spacial score (nSPS) is 26.2. The summed E-state index contributed by atoms with van der Waals surface area (Å²) in [6, 6.07) is 13.4. The second-order valence-electron chi connectivity index (χ2n) is 11.4. The number of carbonyl (C=O) groups excluding carboxylic acids is 3. The molecule has 4 fully saturated rings. The zero-order valence-electron chi connectivity index (χ0n) is 21.2. The van der Waals surface area contributed by atoms with Crippen LogP contribution < -0.4 is 10.6 Å². The van der Waals surface area contributed by atoms with Gasteiger partial charge in [-0.05, 0) is 80.0 Å². The molecule has 198 valence electrons. The highest BCUT2D eigenvalue weighted by Crippen LogP contribution is 2.55. The Labute approximate surface area is 226 Å². The van der Waals surface area contributed by atoms with E-state index in [4.69, 9.17) is 16.3 Å². The first-order chi connectivity index (χ1) is 18.4. The maximum absolute atomic E-state index is 13.3. The molecule has 2 aromatic carbocycles. The zero-order chi connectivity index (χ0) is 26.3. The van der Waals surface area contributed by atoms with E-state index in [-0.39, 0.29) is 30.0 Å². The highest BCUT2D eigenvalue weighted by atomic mass is 35.5. The molecule has 4 aliphatic carbocycles. The minimum atomic E-state index is -0.995. The van der Waals surface area contributed by atoms with E-state index in [0.29, 0.717) is 22.8 Å². The third kappa shape index (κ3) is 5.04. The van der Waals surface area contributed by atoms with Crippen molar-refractivity contribution in [1.82, 2.24) is 15.6 Å². The number of aromatic nitrogens is 1. The maximum Gasteiger partial charge on any atom is 0.329 e. The number of amides is 2. The van der Waals surface area contributed by atoms with Gasteiger partial charge in [-0.15, -0.1) is 0 Å². The van der Waals surface area contributed by atoms with Crippen molar-refractivity contribution in [2.24, 2.45) is 17.8 Å². The van der Waals surface area contributed by atoms with Crippen LogP contribution in [0.15, 0.2) is 54.7 Å². The highest BCUT2D eigenvalue weighted by molar-refractivity contribution is 6.33. The first-order valence-corrected chi connectivity index (χ1v) is 13.8. The van der Waals surface area contributed by atoms with E-state index < -0.39 is 17.9 Å². The summed E-state index contributed by atoms with van der Waals surface area (Å²) in [6.07, 6.45) is 8.95. The number of rotatable bonds is 8. The summed E-state index contributed by atoms with van der Waals surface area (Å²) in [4.78, 5) is 42.4. The molecule has 4 saturated carbocycles. The SMILES string of the molecule is O=C(COC(=O)[C@@H](Cc1c[nH]c2ccccc12)NC(=O)c1ccccc1Cl)NC12CC3CC(CC(C3)C1)C2. The third-order valence-electron chi connectivity index (χ3n) is 8.60. The van der Waals surface area contributed by atoms with Gasteiger partial charge in [-0.1, -0.05) is 41.9 Å². The minimum absolute atomic E-state index is 0.153. The summed E-state index contributed by atoms with van der Waals surface area (Å²) in [5.74, 6) is 0.689. The van der Waals surface area contributed by atoms with Gasteiger partial charge in [0.1, 0.15) is 6.04 Å². The summed E-state index contributed by atoms with van der Waals surface area (Å²) < 4.78 is 5.50. The van der Waals surface area contributed by atoms with Crippen molar-refractivity contribution in [2.75, 3.05) is 6.61 Å². The predicted octanol–water partition coefficient (Wildman–Crippen LogP) is 4.79. The highest BCUT2D eigenvalue weighted by Gasteiger charge is 2.51. The first kappa shape index (κ1) is 25.0. The van der Waals surface area contributed by atoms with Gasteiger partial charge in [0, 0.05) is 29.1 Å². The topological polar surface area (TPSA) is 100 Å². The van der Waals surface area contributed by atoms with Gasteiger partial charge in [0.25, 0.3) is 11.8 Å². The maximum atomic E-state index is 13.3. The van der Waals surface area contributed by atoms with E-state index in [9.17, 15) is 14.4 Å². The second-order valence-corrected chi connectivity index (χ2v) is 11.8. The van der Waals surface area contributed by atoms with Crippen LogP contribution in [0.1, 0.15) is 54.4 Å². The molecule has 3 N–H and O–H groups in total. The van der Waals surface area contributed by atoms with Crippen molar-refractivity contribution in [3.63, 3.8) is 0 Å². The number of halogens is 1. The molecule has 38 heavy (non-hydrogen) atoms. The van der Waals surface area contributed by atoms with Crippen LogP contribution in [0.5, 0.6) is 0 Å². The number of hydrogen-bond acceptors (Lipinski definition) is 4. The molecule has 0 aliphatic heterocycles.